The minimum absolute atomic E-state index is 0.0413. The van der Waals surface area contributed by atoms with Gasteiger partial charge < -0.3 is 10.4 Å². The molecule has 0 spiro atoms. The van der Waals surface area contributed by atoms with Gasteiger partial charge in [-0.2, -0.15) is 0 Å². The Balaban J connectivity index is 2.01. The maximum absolute atomic E-state index is 11.0. The lowest BCUT2D eigenvalue weighted by Gasteiger charge is -2.03. The van der Waals surface area contributed by atoms with E-state index in [1.54, 1.807) is 0 Å². The van der Waals surface area contributed by atoms with Crippen LogP contribution in [0.3, 0.4) is 0 Å². The van der Waals surface area contributed by atoms with E-state index in [0.717, 1.165) is 11.3 Å². The summed E-state index contributed by atoms with van der Waals surface area (Å²) in [4.78, 5) is 16.2. The van der Waals surface area contributed by atoms with Crippen molar-refractivity contribution in [3.05, 3.63) is 10.6 Å². The molecule has 6 nitrogen and oxygen atoms in total. The van der Waals surface area contributed by atoms with Gasteiger partial charge in [-0.05, 0) is 12.8 Å². The molecule has 2 N–H and O–H groups in total. The third-order valence-electron chi connectivity index (χ3n) is 2.76. The number of carboxylic acids is 1. The van der Waals surface area contributed by atoms with Crippen LogP contribution in [0, 0.1) is 0 Å². The number of hydrogen-bond donors (Lipinski definition) is 2. The molecule has 0 saturated heterocycles. The Kier molecular flexibility index (Phi) is 3.58. The number of aromatic nitrogens is 1. The maximum atomic E-state index is 11.0. The van der Waals surface area contributed by atoms with Crippen LogP contribution in [0.25, 0.3) is 0 Å². The molecule has 100 valence electrons. The zero-order valence-corrected chi connectivity index (χ0v) is 11.5. The number of hydrogen-bond acceptors (Lipinski definition) is 6. The number of rotatable bonds is 5. The summed E-state index contributed by atoms with van der Waals surface area (Å²) in [7, 11) is -2.99. The second kappa shape index (κ2) is 4.85. The number of nitrogens with one attached hydrogen (secondary N) is 1. The Labute approximate surface area is 109 Å². The first-order valence-electron chi connectivity index (χ1n) is 5.51. The summed E-state index contributed by atoms with van der Waals surface area (Å²) in [5.74, 6) is -1.32. The average Bonchev–Trinajstić information content (AvgIpc) is 2.73. The van der Waals surface area contributed by atoms with Gasteiger partial charge >= 0.3 is 5.97 Å². The number of fused-ring (bicyclic) bond motifs is 1. The minimum Gasteiger partial charge on any atom is -0.481 e. The van der Waals surface area contributed by atoms with E-state index < -0.39 is 21.7 Å². The number of carboxylic acid groups (broad SMARTS) is 1. The summed E-state index contributed by atoms with van der Waals surface area (Å²) in [6, 6.07) is 0. The molecular weight excluding hydrogens is 276 g/mol. The van der Waals surface area contributed by atoms with E-state index in [-0.39, 0.29) is 5.75 Å². The summed E-state index contributed by atoms with van der Waals surface area (Å²) in [5.41, 5.74) is 0.634. The van der Waals surface area contributed by atoms with Gasteiger partial charge in [-0.15, -0.1) is 11.3 Å². The molecule has 0 radical (unpaired) electrons. The first kappa shape index (κ1) is 13.3. The highest BCUT2D eigenvalue weighted by molar-refractivity contribution is 7.90. The molecule has 2 rings (SSSR count). The molecule has 0 bridgehead atoms. The number of nitrogens with zero attached hydrogens (tertiary/aromatic N) is 1. The molecule has 0 aromatic carbocycles. The van der Waals surface area contributed by atoms with Gasteiger partial charge in [0.05, 0.1) is 11.4 Å². The molecule has 1 unspecified atom stereocenters. The van der Waals surface area contributed by atoms with Crippen LogP contribution in [-0.2, 0) is 21.1 Å². The average molecular weight is 290 g/mol. The van der Waals surface area contributed by atoms with Crippen molar-refractivity contribution in [3.63, 3.8) is 0 Å². The molecule has 1 heterocycles. The topological polar surface area (TPSA) is 96.4 Å². The standard InChI is InChI=1S/C10H14N2O4S2/c1-18(15,16)5-4-11-10-12-8-6(9(13)14)2-3-7(8)17-10/h6H,2-5H2,1H3,(H,11,12)(H,13,14). The van der Waals surface area contributed by atoms with Crippen molar-refractivity contribution in [2.24, 2.45) is 0 Å². The maximum Gasteiger partial charge on any atom is 0.312 e. The van der Waals surface area contributed by atoms with Gasteiger partial charge in [-0.3, -0.25) is 4.79 Å². The van der Waals surface area contributed by atoms with Crippen LogP contribution in [0.4, 0.5) is 5.13 Å². The van der Waals surface area contributed by atoms with Crippen LogP contribution >= 0.6 is 11.3 Å². The number of sulfone groups is 1. The SMILES string of the molecule is CS(=O)(=O)CCNc1nc2c(s1)CCC2C(=O)O. The number of carbonyl (C=O) groups is 1. The van der Waals surface area contributed by atoms with Crippen LogP contribution in [0.2, 0.25) is 0 Å². The number of aryl methyl sites for hydroxylation is 1. The van der Waals surface area contributed by atoms with E-state index in [4.69, 9.17) is 5.11 Å². The number of thiazole rings is 1. The summed E-state index contributed by atoms with van der Waals surface area (Å²) in [5, 5.41) is 12.5. The summed E-state index contributed by atoms with van der Waals surface area (Å²) in [6.45, 7) is 0.295. The largest absolute Gasteiger partial charge is 0.481 e. The van der Waals surface area contributed by atoms with Crippen LogP contribution < -0.4 is 5.32 Å². The van der Waals surface area contributed by atoms with E-state index in [9.17, 15) is 13.2 Å². The molecule has 0 fully saturated rings. The van der Waals surface area contributed by atoms with Crippen LogP contribution in [-0.4, -0.2) is 43.0 Å². The summed E-state index contributed by atoms with van der Waals surface area (Å²) >= 11 is 1.41. The first-order valence-corrected chi connectivity index (χ1v) is 8.38. The zero-order valence-electron chi connectivity index (χ0n) is 9.84. The third-order valence-corrected chi connectivity index (χ3v) is 4.80. The predicted molar refractivity (Wildman–Crippen MR) is 69.0 cm³/mol. The van der Waals surface area contributed by atoms with E-state index in [1.165, 1.54) is 17.6 Å². The fourth-order valence-electron chi connectivity index (χ4n) is 1.89. The van der Waals surface area contributed by atoms with Crippen molar-refractivity contribution in [2.75, 3.05) is 23.9 Å². The summed E-state index contributed by atoms with van der Waals surface area (Å²) in [6.07, 6.45) is 2.52. The molecule has 0 amide bonds. The Bertz CT molecular complexity index is 564. The van der Waals surface area contributed by atoms with E-state index in [0.29, 0.717) is 23.8 Å². The Hall–Kier alpha value is -1.15. The fourth-order valence-corrected chi connectivity index (χ4v) is 3.42. The lowest BCUT2D eigenvalue weighted by Crippen LogP contribution is -2.14. The van der Waals surface area contributed by atoms with Gasteiger partial charge in [0, 0.05) is 17.7 Å². The van der Waals surface area contributed by atoms with Crippen molar-refractivity contribution in [3.8, 4) is 0 Å². The normalized spacial score (nSPS) is 18.6. The molecule has 8 heteroatoms. The van der Waals surface area contributed by atoms with Gasteiger partial charge in [-0.25, -0.2) is 13.4 Å². The quantitative estimate of drug-likeness (QED) is 0.829. The smallest absolute Gasteiger partial charge is 0.312 e. The van der Waals surface area contributed by atoms with Crippen molar-refractivity contribution in [2.45, 2.75) is 18.8 Å². The van der Waals surface area contributed by atoms with Gasteiger partial charge in [0.15, 0.2) is 5.13 Å². The van der Waals surface area contributed by atoms with Crippen LogP contribution in [0.1, 0.15) is 22.9 Å². The highest BCUT2D eigenvalue weighted by Gasteiger charge is 2.32. The molecule has 1 atom stereocenters. The van der Waals surface area contributed by atoms with Gasteiger partial charge in [0.25, 0.3) is 0 Å². The summed E-state index contributed by atoms with van der Waals surface area (Å²) < 4.78 is 21.9. The minimum atomic E-state index is -2.99. The van der Waals surface area contributed by atoms with Gasteiger partial charge in [-0.1, -0.05) is 0 Å². The Morgan fingerprint density at radius 2 is 2.33 bits per heavy atom. The first-order chi connectivity index (χ1) is 8.37. The zero-order chi connectivity index (χ0) is 13.3. The monoisotopic (exact) mass is 290 g/mol. The molecule has 0 aliphatic heterocycles. The predicted octanol–water partition coefficient (Wildman–Crippen LogP) is 0.714. The molecule has 1 aromatic rings. The number of anilines is 1. The molecule has 1 aliphatic rings. The second-order valence-corrected chi connectivity index (χ2v) is 7.66. The lowest BCUT2D eigenvalue weighted by molar-refractivity contribution is -0.138. The van der Waals surface area contributed by atoms with Crippen LogP contribution in [0.15, 0.2) is 0 Å². The molecule has 1 aromatic heterocycles. The molecule has 1 aliphatic carbocycles. The Morgan fingerprint density at radius 1 is 1.61 bits per heavy atom. The highest BCUT2D eigenvalue weighted by atomic mass is 32.2. The van der Waals surface area contributed by atoms with Gasteiger partial charge in [0.1, 0.15) is 15.8 Å². The van der Waals surface area contributed by atoms with E-state index in [2.05, 4.69) is 10.3 Å². The van der Waals surface area contributed by atoms with Gasteiger partial charge in [0.2, 0.25) is 0 Å². The third kappa shape index (κ3) is 2.99. The second-order valence-electron chi connectivity index (χ2n) is 4.31. The van der Waals surface area contributed by atoms with Crippen molar-refractivity contribution >= 4 is 32.3 Å². The number of aliphatic carboxylic acids is 1. The van der Waals surface area contributed by atoms with Crippen molar-refractivity contribution < 1.29 is 18.3 Å². The highest BCUT2D eigenvalue weighted by Crippen LogP contribution is 2.38. The van der Waals surface area contributed by atoms with Crippen LogP contribution in [0.5, 0.6) is 0 Å². The lowest BCUT2D eigenvalue weighted by atomic mass is 10.1. The fraction of sp³-hybridized carbons (Fsp3) is 0.600. The molecule has 18 heavy (non-hydrogen) atoms. The van der Waals surface area contributed by atoms with E-state index >= 15 is 0 Å². The van der Waals surface area contributed by atoms with Crippen molar-refractivity contribution in [1.29, 1.82) is 0 Å². The van der Waals surface area contributed by atoms with Crippen molar-refractivity contribution in [1.82, 2.24) is 4.98 Å². The molecular formula is C10H14N2O4S2. The van der Waals surface area contributed by atoms with E-state index in [1.807, 2.05) is 0 Å². The Morgan fingerprint density at radius 3 is 2.94 bits per heavy atom. The molecule has 0 saturated carbocycles.